The maximum atomic E-state index is 11.0. The number of benzene rings is 2. The fraction of sp³-hybridized carbons (Fsp3) is 0. The second-order valence-electron chi connectivity index (χ2n) is 5.41. The van der Waals surface area contributed by atoms with Gasteiger partial charge in [0.2, 0.25) is 11.8 Å². The van der Waals surface area contributed by atoms with Crippen LogP contribution in [0.3, 0.4) is 0 Å². The normalized spacial score (nSPS) is 11.5. The quantitative estimate of drug-likeness (QED) is 0.572. The Labute approximate surface area is 145 Å². The molecule has 0 fully saturated rings. The van der Waals surface area contributed by atoms with Crippen molar-refractivity contribution in [2.75, 3.05) is 0 Å². The highest BCUT2D eigenvalue weighted by atomic mass is 16.4. The van der Waals surface area contributed by atoms with Gasteiger partial charge in [0.1, 0.15) is 11.0 Å². The molecule has 0 atom stereocenters. The topological polar surface area (TPSA) is 127 Å². The third kappa shape index (κ3) is 2.80. The molecule has 0 spiro atoms. The van der Waals surface area contributed by atoms with Crippen LogP contribution in [0.1, 0.15) is 32.5 Å². The zero-order chi connectivity index (χ0) is 18.3. The predicted octanol–water partition coefficient (Wildman–Crippen LogP) is 3.54. The second-order valence-corrected chi connectivity index (χ2v) is 5.41. The van der Waals surface area contributed by atoms with Gasteiger partial charge in [-0.1, -0.05) is 0 Å². The number of aromatic nitrogens is 2. The van der Waals surface area contributed by atoms with E-state index in [-0.39, 0.29) is 22.9 Å². The summed E-state index contributed by atoms with van der Waals surface area (Å²) >= 11 is 0. The van der Waals surface area contributed by atoms with E-state index in [1.54, 1.807) is 0 Å². The smallest absolute Gasteiger partial charge is 0.335 e. The van der Waals surface area contributed by atoms with Crippen molar-refractivity contribution >= 4 is 46.3 Å². The zero-order valence-corrected chi connectivity index (χ0v) is 13.0. The van der Waals surface area contributed by atoms with Crippen molar-refractivity contribution in [3.8, 4) is 0 Å². The third-order valence-corrected chi connectivity index (χ3v) is 3.67. The number of nitrogens with zero attached hydrogens (tertiary/aromatic N) is 2. The summed E-state index contributed by atoms with van der Waals surface area (Å²) in [6, 6.07) is 8.79. The van der Waals surface area contributed by atoms with Crippen LogP contribution in [0.15, 0.2) is 45.2 Å². The molecular weight excluding hydrogens is 340 g/mol. The first-order chi connectivity index (χ1) is 12.5. The van der Waals surface area contributed by atoms with Crippen molar-refractivity contribution in [2.45, 2.75) is 0 Å². The number of hydrogen-bond acceptors (Lipinski definition) is 6. The average Bonchev–Trinajstić information content (AvgIpc) is 3.21. The molecule has 128 valence electrons. The van der Waals surface area contributed by atoms with E-state index in [0.717, 1.165) is 0 Å². The highest BCUT2D eigenvalue weighted by Gasteiger charge is 2.10. The molecule has 0 saturated carbocycles. The number of carboxylic acids is 2. The van der Waals surface area contributed by atoms with E-state index < -0.39 is 11.9 Å². The van der Waals surface area contributed by atoms with Crippen LogP contribution in [0.5, 0.6) is 0 Å². The van der Waals surface area contributed by atoms with Crippen LogP contribution in [0.2, 0.25) is 0 Å². The molecule has 0 bridgehead atoms. The van der Waals surface area contributed by atoms with Gasteiger partial charge in [0.25, 0.3) is 0 Å². The molecule has 2 aromatic carbocycles. The Morgan fingerprint density at radius 1 is 0.769 bits per heavy atom. The number of rotatable bonds is 4. The van der Waals surface area contributed by atoms with E-state index in [2.05, 4.69) is 9.97 Å². The van der Waals surface area contributed by atoms with Gasteiger partial charge in [0.15, 0.2) is 11.2 Å². The standard InChI is InChI=1S/C18H10N2O6/c21-17(22)9-1-3-13-11(7-9)19-15(25-13)5-6-16-20-12-8-10(18(23)24)2-4-14(12)26-16/h1-8H,(H,21,22)(H,23,24)/b6-5+. The van der Waals surface area contributed by atoms with Crippen LogP contribution in [-0.2, 0) is 0 Å². The first-order valence-electron chi connectivity index (χ1n) is 7.45. The van der Waals surface area contributed by atoms with E-state index in [1.807, 2.05) is 0 Å². The Kier molecular flexibility index (Phi) is 3.51. The molecule has 0 aliphatic rings. The highest BCUT2D eigenvalue weighted by Crippen LogP contribution is 2.21. The van der Waals surface area contributed by atoms with Crippen molar-refractivity contribution in [1.82, 2.24) is 9.97 Å². The third-order valence-electron chi connectivity index (χ3n) is 3.67. The maximum Gasteiger partial charge on any atom is 0.335 e. The summed E-state index contributed by atoms with van der Waals surface area (Å²) in [6.07, 6.45) is 3.06. The zero-order valence-electron chi connectivity index (χ0n) is 13.0. The first-order valence-corrected chi connectivity index (χ1v) is 7.45. The fourth-order valence-electron chi connectivity index (χ4n) is 2.44. The van der Waals surface area contributed by atoms with Crippen LogP contribution >= 0.6 is 0 Å². The van der Waals surface area contributed by atoms with Gasteiger partial charge in [0, 0.05) is 12.2 Å². The number of oxazole rings is 2. The van der Waals surface area contributed by atoms with Gasteiger partial charge < -0.3 is 19.0 Å². The molecule has 8 heteroatoms. The number of fused-ring (bicyclic) bond motifs is 2. The Morgan fingerprint density at radius 3 is 1.58 bits per heavy atom. The minimum absolute atomic E-state index is 0.120. The molecular formula is C18H10N2O6. The molecule has 0 aliphatic heterocycles. The Bertz CT molecular complexity index is 1110. The van der Waals surface area contributed by atoms with Gasteiger partial charge in [-0.25, -0.2) is 19.6 Å². The van der Waals surface area contributed by atoms with Crippen LogP contribution in [0.4, 0.5) is 0 Å². The number of aromatic carboxylic acids is 2. The van der Waals surface area contributed by atoms with Crippen molar-refractivity contribution in [3.05, 3.63) is 59.3 Å². The van der Waals surface area contributed by atoms with Crippen molar-refractivity contribution in [1.29, 1.82) is 0 Å². The second kappa shape index (κ2) is 5.85. The Balaban J connectivity index is 1.65. The number of hydrogen-bond donors (Lipinski definition) is 2. The molecule has 0 aliphatic carbocycles. The summed E-state index contributed by atoms with van der Waals surface area (Å²) in [4.78, 5) is 30.4. The van der Waals surface area contributed by atoms with Gasteiger partial charge in [-0.15, -0.1) is 0 Å². The van der Waals surface area contributed by atoms with Gasteiger partial charge >= 0.3 is 11.9 Å². The average molecular weight is 350 g/mol. The molecule has 0 unspecified atom stereocenters. The Morgan fingerprint density at radius 2 is 1.19 bits per heavy atom. The molecule has 8 nitrogen and oxygen atoms in total. The van der Waals surface area contributed by atoms with Crippen LogP contribution < -0.4 is 0 Å². The SMILES string of the molecule is O=C(O)c1ccc2oc(/C=C/c3nc4cc(C(=O)O)ccc4o3)nc2c1. The molecule has 0 saturated heterocycles. The lowest BCUT2D eigenvalue weighted by molar-refractivity contribution is 0.0686. The number of carbonyl (C=O) groups is 2. The monoisotopic (exact) mass is 350 g/mol. The van der Waals surface area contributed by atoms with E-state index >= 15 is 0 Å². The Hall–Kier alpha value is -3.94. The minimum Gasteiger partial charge on any atom is -0.478 e. The van der Waals surface area contributed by atoms with Gasteiger partial charge in [-0.2, -0.15) is 0 Å². The van der Waals surface area contributed by atoms with Crippen LogP contribution in [-0.4, -0.2) is 32.1 Å². The minimum atomic E-state index is -1.04. The first kappa shape index (κ1) is 15.6. The lowest BCUT2D eigenvalue weighted by Gasteiger charge is -1.91. The lowest BCUT2D eigenvalue weighted by atomic mass is 10.2. The van der Waals surface area contributed by atoms with E-state index in [1.165, 1.54) is 48.6 Å². The number of carboxylic acid groups (broad SMARTS) is 2. The largest absolute Gasteiger partial charge is 0.478 e. The molecule has 4 aromatic rings. The van der Waals surface area contributed by atoms with E-state index in [4.69, 9.17) is 19.0 Å². The van der Waals surface area contributed by atoms with Gasteiger partial charge in [0.05, 0.1) is 11.1 Å². The molecule has 2 N–H and O–H groups in total. The predicted molar refractivity (Wildman–Crippen MR) is 90.9 cm³/mol. The molecule has 4 rings (SSSR count). The summed E-state index contributed by atoms with van der Waals surface area (Å²) < 4.78 is 11.0. The maximum absolute atomic E-state index is 11.0. The van der Waals surface area contributed by atoms with Crippen molar-refractivity contribution in [3.63, 3.8) is 0 Å². The molecule has 0 radical (unpaired) electrons. The van der Waals surface area contributed by atoms with Crippen LogP contribution in [0.25, 0.3) is 34.4 Å². The van der Waals surface area contributed by atoms with Gasteiger partial charge in [-0.3, -0.25) is 0 Å². The summed E-state index contributed by atoms with van der Waals surface area (Å²) in [5.74, 6) is -1.56. The summed E-state index contributed by atoms with van der Waals surface area (Å²) in [5.41, 5.74) is 2.00. The summed E-state index contributed by atoms with van der Waals surface area (Å²) in [7, 11) is 0. The molecule has 2 heterocycles. The lowest BCUT2D eigenvalue weighted by Crippen LogP contribution is -1.94. The van der Waals surface area contributed by atoms with E-state index in [0.29, 0.717) is 22.2 Å². The summed E-state index contributed by atoms with van der Waals surface area (Å²) in [6.45, 7) is 0. The van der Waals surface area contributed by atoms with Crippen LogP contribution in [0, 0.1) is 0 Å². The fourth-order valence-corrected chi connectivity index (χ4v) is 2.44. The molecule has 0 amide bonds. The summed E-state index contributed by atoms with van der Waals surface area (Å²) in [5, 5.41) is 18.0. The van der Waals surface area contributed by atoms with Crippen molar-refractivity contribution in [2.24, 2.45) is 0 Å². The van der Waals surface area contributed by atoms with Crippen molar-refractivity contribution < 1.29 is 28.6 Å². The van der Waals surface area contributed by atoms with Gasteiger partial charge in [-0.05, 0) is 36.4 Å². The molecule has 2 aromatic heterocycles. The highest BCUT2D eigenvalue weighted by molar-refractivity contribution is 5.93. The van der Waals surface area contributed by atoms with E-state index in [9.17, 15) is 9.59 Å². The molecule has 26 heavy (non-hydrogen) atoms.